The van der Waals surface area contributed by atoms with Crippen molar-refractivity contribution in [2.45, 2.75) is 31.2 Å². The van der Waals surface area contributed by atoms with Crippen LogP contribution < -0.4 is 10.1 Å². The minimum absolute atomic E-state index is 0.140. The first-order valence-corrected chi connectivity index (χ1v) is 9.95. The summed E-state index contributed by atoms with van der Waals surface area (Å²) >= 11 is 5.59. The molecule has 28 heavy (non-hydrogen) atoms. The summed E-state index contributed by atoms with van der Waals surface area (Å²) < 4.78 is 5.24. The molecule has 2 fully saturated rings. The summed E-state index contributed by atoms with van der Waals surface area (Å²) in [4.78, 5) is 17.5. The van der Waals surface area contributed by atoms with Gasteiger partial charge in [0.1, 0.15) is 5.75 Å². The van der Waals surface area contributed by atoms with E-state index in [9.17, 15) is 4.79 Å². The van der Waals surface area contributed by atoms with E-state index in [0.29, 0.717) is 18.2 Å². The molecule has 4 rings (SSSR count). The van der Waals surface area contributed by atoms with Crippen molar-refractivity contribution in [2.75, 3.05) is 20.2 Å². The van der Waals surface area contributed by atoms with Crippen LogP contribution in [0.5, 0.6) is 5.75 Å². The first-order chi connectivity index (χ1) is 13.6. The van der Waals surface area contributed by atoms with Gasteiger partial charge in [0.25, 0.3) is 5.91 Å². The number of pyridine rings is 1. The standard InChI is InChI=1S/C21H24N4O2S/c1-27-18-7-5-17(6-8-18)21(9-10-21)19(26)24-12-3-13-25(24)20(28)23-15-16-4-2-11-22-14-16/h2,4-8,11,14H,3,9-10,12-13,15H2,1H3,(H,23,28). The number of hydrogen-bond acceptors (Lipinski definition) is 4. The first-order valence-electron chi connectivity index (χ1n) is 9.55. The highest BCUT2D eigenvalue weighted by Gasteiger charge is 2.54. The largest absolute Gasteiger partial charge is 0.497 e. The Morgan fingerprint density at radius 2 is 1.96 bits per heavy atom. The molecule has 0 unspecified atom stereocenters. The van der Waals surface area contributed by atoms with E-state index >= 15 is 0 Å². The molecule has 7 heteroatoms. The van der Waals surface area contributed by atoms with Gasteiger partial charge < -0.3 is 10.1 Å². The maximum atomic E-state index is 13.4. The van der Waals surface area contributed by atoms with Crippen molar-refractivity contribution >= 4 is 23.2 Å². The number of methoxy groups -OCH3 is 1. The summed E-state index contributed by atoms with van der Waals surface area (Å²) in [7, 11) is 1.65. The molecule has 0 atom stereocenters. The summed E-state index contributed by atoms with van der Waals surface area (Å²) in [6.45, 7) is 2.05. The highest BCUT2D eigenvalue weighted by Crippen LogP contribution is 2.50. The van der Waals surface area contributed by atoms with Gasteiger partial charge in [-0.05, 0) is 60.8 Å². The number of nitrogens with one attached hydrogen (secondary N) is 1. The summed E-state index contributed by atoms with van der Waals surface area (Å²) in [6, 6.07) is 11.7. The molecular weight excluding hydrogens is 372 g/mol. The molecule has 1 N–H and O–H groups in total. The van der Waals surface area contributed by atoms with Gasteiger partial charge >= 0.3 is 0 Å². The minimum Gasteiger partial charge on any atom is -0.497 e. The fourth-order valence-corrected chi connectivity index (χ4v) is 3.98. The monoisotopic (exact) mass is 396 g/mol. The van der Waals surface area contributed by atoms with Crippen LogP contribution in [0.4, 0.5) is 0 Å². The second-order valence-corrected chi connectivity index (χ2v) is 7.62. The first kappa shape index (κ1) is 18.7. The van der Waals surface area contributed by atoms with Crippen molar-refractivity contribution in [3.05, 3.63) is 59.9 Å². The van der Waals surface area contributed by atoms with Gasteiger partial charge in [0.15, 0.2) is 5.11 Å². The fourth-order valence-electron chi connectivity index (χ4n) is 3.71. The van der Waals surface area contributed by atoms with Gasteiger partial charge in [0, 0.05) is 32.0 Å². The molecule has 1 aromatic heterocycles. The maximum absolute atomic E-state index is 13.4. The number of carbonyl (C=O) groups excluding carboxylic acids is 1. The fraction of sp³-hybridized carbons (Fsp3) is 0.381. The van der Waals surface area contributed by atoms with Gasteiger partial charge in [0.05, 0.1) is 12.5 Å². The Balaban J connectivity index is 1.45. The Morgan fingerprint density at radius 3 is 2.61 bits per heavy atom. The lowest BCUT2D eigenvalue weighted by atomic mass is 9.94. The molecule has 0 radical (unpaired) electrons. The van der Waals surface area contributed by atoms with E-state index in [4.69, 9.17) is 17.0 Å². The van der Waals surface area contributed by atoms with Gasteiger partial charge in [-0.2, -0.15) is 0 Å². The zero-order chi connectivity index (χ0) is 19.6. The number of benzene rings is 1. The predicted octanol–water partition coefficient (Wildman–Crippen LogP) is 2.65. The van der Waals surface area contributed by atoms with Gasteiger partial charge in [-0.25, -0.2) is 0 Å². The Bertz CT molecular complexity index is 852. The molecular formula is C21H24N4O2S. The molecule has 0 spiro atoms. The zero-order valence-electron chi connectivity index (χ0n) is 15.9. The second-order valence-electron chi connectivity index (χ2n) is 7.24. The number of carbonyl (C=O) groups is 1. The lowest BCUT2D eigenvalue weighted by Gasteiger charge is -2.33. The molecule has 1 aliphatic carbocycles. The third-order valence-electron chi connectivity index (χ3n) is 5.47. The highest BCUT2D eigenvalue weighted by atomic mass is 32.1. The minimum atomic E-state index is -0.423. The van der Waals surface area contributed by atoms with Crippen LogP contribution in [-0.4, -0.2) is 46.2 Å². The molecule has 1 saturated carbocycles. The van der Waals surface area contributed by atoms with Crippen LogP contribution >= 0.6 is 12.2 Å². The van der Waals surface area contributed by atoms with Crippen LogP contribution in [0.3, 0.4) is 0 Å². The molecule has 1 aromatic carbocycles. The van der Waals surface area contributed by atoms with Crippen LogP contribution in [0, 0.1) is 0 Å². The number of ether oxygens (including phenoxy) is 1. The number of rotatable bonds is 5. The number of hydrazine groups is 1. The van der Waals surface area contributed by atoms with Crippen molar-refractivity contribution in [3.8, 4) is 5.75 Å². The van der Waals surface area contributed by atoms with Crippen molar-refractivity contribution < 1.29 is 9.53 Å². The van der Waals surface area contributed by atoms with Crippen LogP contribution in [0.15, 0.2) is 48.8 Å². The summed E-state index contributed by atoms with van der Waals surface area (Å²) in [5.41, 5.74) is 1.69. The van der Waals surface area contributed by atoms with Crippen molar-refractivity contribution in [2.24, 2.45) is 0 Å². The van der Waals surface area contributed by atoms with Gasteiger partial charge in [0.2, 0.25) is 0 Å². The average molecular weight is 397 g/mol. The Kier molecular flexibility index (Phi) is 5.17. The Labute approximate surface area is 170 Å². The molecule has 6 nitrogen and oxygen atoms in total. The van der Waals surface area contributed by atoms with E-state index < -0.39 is 5.41 Å². The van der Waals surface area contributed by atoms with Crippen molar-refractivity contribution in [1.29, 1.82) is 0 Å². The van der Waals surface area contributed by atoms with Crippen LogP contribution in [0.1, 0.15) is 30.4 Å². The van der Waals surface area contributed by atoms with Crippen molar-refractivity contribution in [1.82, 2.24) is 20.3 Å². The molecule has 1 amide bonds. The van der Waals surface area contributed by atoms with E-state index in [1.165, 1.54) is 0 Å². The van der Waals surface area contributed by atoms with Gasteiger partial charge in [-0.1, -0.05) is 18.2 Å². The quantitative estimate of drug-likeness (QED) is 0.784. The third-order valence-corrected chi connectivity index (χ3v) is 5.82. The van der Waals surface area contributed by atoms with E-state index in [0.717, 1.165) is 42.7 Å². The normalized spacial score (nSPS) is 17.3. The van der Waals surface area contributed by atoms with Gasteiger partial charge in [-0.3, -0.25) is 19.8 Å². The summed E-state index contributed by atoms with van der Waals surface area (Å²) in [5.74, 6) is 0.941. The summed E-state index contributed by atoms with van der Waals surface area (Å²) in [6.07, 6.45) is 6.22. The number of thiocarbonyl (C=S) groups is 1. The third kappa shape index (κ3) is 3.54. The summed E-state index contributed by atoms with van der Waals surface area (Å²) in [5, 5.41) is 7.59. The number of amides is 1. The van der Waals surface area contributed by atoms with E-state index in [2.05, 4.69) is 10.3 Å². The number of hydrogen-bond donors (Lipinski definition) is 1. The molecule has 2 aliphatic rings. The van der Waals surface area contributed by atoms with Crippen LogP contribution in [0.2, 0.25) is 0 Å². The maximum Gasteiger partial charge on any atom is 0.251 e. The molecule has 146 valence electrons. The van der Waals surface area contributed by atoms with Crippen LogP contribution in [-0.2, 0) is 16.8 Å². The average Bonchev–Trinajstić information content (AvgIpc) is 3.41. The highest BCUT2D eigenvalue weighted by molar-refractivity contribution is 7.80. The van der Waals surface area contributed by atoms with Gasteiger partial charge in [-0.15, -0.1) is 0 Å². The predicted molar refractivity (Wildman–Crippen MR) is 111 cm³/mol. The van der Waals surface area contributed by atoms with E-state index in [-0.39, 0.29) is 5.91 Å². The van der Waals surface area contributed by atoms with E-state index in [1.807, 2.05) is 52.6 Å². The van der Waals surface area contributed by atoms with E-state index in [1.54, 1.807) is 13.3 Å². The number of aromatic nitrogens is 1. The Morgan fingerprint density at radius 1 is 1.21 bits per heavy atom. The molecule has 2 aromatic rings. The smallest absolute Gasteiger partial charge is 0.251 e. The molecule has 2 heterocycles. The molecule has 1 aliphatic heterocycles. The lowest BCUT2D eigenvalue weighted by molar-refractivity contribution is -0.141. The molecule has 0 bridgehead atoms. The van der Waals surface area contributed by atoms with Crippen molar-refractivity contribution in [3.63, 3.8) is 0 Å². The van der Waals surface area contributed by atoms with Crippen LogP contribution in [0.25, 0.3) is 0 Å². The topological polar surface area (TPSA) is 57.7 Å². The SMILES string of the molecule is COc1ccc(C2(C(=O)N3CCCN3C(=S)NCc3cccnc3)CC2)cc1. The second kappa shape index (κ2) is 7.75. The zero-order valence-corrected chi connectivity index (χ0v) is 16.7. The Hall–Kier alpha value is -2.67. The number of nitrogens with zero attached hydrogens (tertiary/aromatic N) is 3. The lowest BCUT2D eigenvalue weighted by Crippen LogP contribution is -2.51. The molecule has 1 saturated heterocycles.